The Kier molecular flexibility index (Phi) is 12.2. The third kappa shape index (κ3) is 11.4. The molecule has 0 bridgehead atoms. The molecule has 0 aliphatic rings. The van der Waals surface area contributed by atoms with Crippen LogP contribution >= 0.6 is 0 Å². The number of oxime groups is 2. The van der Waals surface area contributed by atoms with Crippen molar-refractivity contribution in [3.63, 3.8) is 0 Å². The van der Waals surface area contributed by atoms with Gasteiger partial charge in [0.15, 0.2) is 5.71 Å². The molecule has 0 saturated carbocycles. The fourth-order valence-corrected chi connectivity index (χ4v) is 4.60. The molecule has 2 rings (SSSR count). The first-order valence-electron chi connectivity index (χ1n) is 12.2. The predicted molar refractivity (Wildman–Crippen MR) is 144 cm³/mol. The highest BCUT2D eigenvalue weighted by molar-refractivity contribution is 7.86. The van der Waals surface area contributed by atoms with Gasteiger partial charge in [0.2, 0.25) is 0 Å². The van der Waals surface area contributed by atoms with E-state index >= 15 is 0 Å². The molecule has 10 nitrogen and oxygen atoms in total. The number of benzene rings is 2. The number of rotatable bonds is 16. The van der Waals surface area contributed by atoms with Crippen LogP contribution in [-0.2, 0) is 28.8 Å². The fourth-order valence-electron chi connectivity index (χ4n) is 3.04. The molecule has 0 N–H and O–H groups in total. The van der Waals surface area contributed by atoms with Crippen molar-refractivity contribution in [1.82, 2.24) is 0 Å². The van der Waals surface area contributed by atoms with Crippen LogP contribution in [0.5, 0.6) is 11.5 Å². The number of hydrogen-bond donors (Lipinski definition) is 0. The van der Waals surface area contributed by atoms with Crippen molar-refractivity contribution in [1.29, 1.82) is 0 Å². The van der Waals surface area contributed by atoms with Gasteiger partial charge in [-0.2, -0.15) is 30.0 Å². The molecule has 0 unspecified atom stereocenters. The Bertz CT molecular complexity index is 1360. The van der Waals surface area contributed by atoms with Crippen LogP contribution in [0.2, 0.25) is 0 Å². The summed E-state index contributed by atoms with van der Waals surface area (Å²) in [5, 5.41) is 6.51. The molecule has 2 aromatic rings. The molecule has 0 atom stereocenters. The van der Waals surface area contributed by atoms with E-state index in [2.05, 4.69) is 18.9 Å². The van der Waals surface area contributed by atoms with E-state index in [9.17, 15) is 30.0 Å². The van der Waals surface area contributed by atoms with Crippen molar-refractivity contribution >= 4 is 31.7 Å². The summed E-state index contributed by atoms with van der Waals surface area (Å²) in [4.78, 5) is 0. The van der Waals surface area contributed by atoms with Crippen LogP contribution in [-0.4, -0.2) is 59.2 Å². The first-order chi connectivity index (χ1) is 18.8. The topological polar surface area (TPSA) is 130 Å². The van der Waals surface area contributed by atoms with Gasteiger partial charge in [-0.3, -0.25) is 8.57 Å². The SMILES string of the molecule is CCCS(=O)(=O)O/N=C(/c1ccc(OCCCOc2ccc(/C(C)=N/OS(=O)(=O)CCC)cc2)cc1)C(F)(F)F. The van der Waals surface area contributed by atoms with E-state index in [1.807, 2.05) is 0 Å². The second-order valence-corrected chi connectivity index (χ2v) is 11.7. The van der Waals surface area contributed by atoms with E-state index in [4.69, 9.17) is 9.47 Å². The zero-order chi connectivity index (χ0) is 29.8. The lowest BCUT2D eigenvalue weighted by Crippen LogP contribution is -2.25. The Hall–Kier alpha value is -3.33. The highest BCUT2D eigenvalue weighted by atomic mass is 32.2. The molecule has 15 heteroatoms. The average molecular weight is 609 g/mol. The van der Waals surface area contributed by atoms with Crippen LogP contribution in [0.4, 0.5) is 13.2 Å². The second-order valence-electron chi connectivity index (χ2n) is 8.39. The molecule has 0 heterocycles. The van der Waals surface area contributed by atoms with E-state index in [0.29, 0.717) is 35.6 Å². The van der Waals surface area contributed by atoms with Crippen LogP contribution in [0.1, 0.15) is 51.2 Å². The summed E-state index contributed by atoms with van der Waals surface area (Å²) in [5.41, 5.74) is -0.826. The minimum Gasteiger partial charge on any atom is -0.493 e. The first-order valence-corrected chi connectivity index (χ1v) is 15.4. The number of halogens is 3. The third-order valence-electron chi connectivity index (χ3n) is 4.93. The van der Waals surface area contributed by atoms with Crippen molar-refractivity contribution in [3.05, 3.63) is 59.7 Å². The van der Waals surface area contributed by atoms with Crippen LogP contribution in [0, 0.1) is 0 Å². The van der Waals surface area contributed by atoms with E-state index < -0.39 is 37.9 Å². The minimum absolute atomic E-state index is 0.123. The zero-order valence-corrected chi connectivity index (χ0v) is 23.8. The number of nitrogens with zero attached hydrogens (tertiary/aromatic N) is 2. The largest absolute Gasteiger partial charge is 0.493 e. The van der Waals surface area contributed by atoms with Gasteiger partial charge in [-0.1, -0.05) is 24.2 Å². The van der Waals surface area contributed by atoms with Gasteiger partial charge in [-0.05, 0) is 73.9 Å². The highest BCUT2D eigenvalue weighted by Crippen LogP contribution is 2.25. The van der Waals surface area contributed by atoms with E-state index in [-0.39, 0.29) is 31.0 Å². The van der Waals surface area contributed by atoms with Crippen LogP contribution in [0.3, 0.4) is 0 Å². The minimum atomic E-state index is -4.94. The van der Waals surface area contributed by atoms with Crippen LogP contribution < -0.4 is 9.47 Å². The molecular formula is C25H31F3N2O8S2. The molecule has 0 saturated heterocycles. The summed E-state index contributed by atoms with van der Waals surface area (Å²) >= 11 is 0. The maximum atomic E-state index is 13.4. The fraction of sp³-hybridized carbons (Fsp3) is 0.440. The monoisotopic (exact) mass is 608 g/mol. The maximum absolute atomic E-state index is 13.4. The second kappa shape index (κ2) is 14.9. The molecule has 0 spiro atoms. The average Bonchev–Trinajstić information content (AvgIpc) is 2.87. The first kappa shape index (κ1) is 32.9. The normalized spacial score (nSPS) is 13.2. The summed E-state index contributed by atoms with van der Waals surface area (Å²) < 4.78 is 106. The van der Waals surface area contributed by atoms with Gasteiger partial charge in [-0.15, -0.1) is 0 Å². The van der Waals surface area contributed by atoms with E-state index in [1.165, 1.54) is 12.1 Å². The van der Waals surface area contributed by atoms with Gasteiger partial charge in [0.25, 0.3) is 0 Å². The molecule has 40 heavy (non-hydrogen) atoms. The Labute approximate surface area is 232 Å². The Morgan fingerprint density at radius 3 is 1.57 bits per heavy atom. The van der Waals surface area contributed by atoms with Gasteiger partial charge in [0, 0.05) is 12.0 Å². The van der Waals surface area contributed by atoms with Gasteiger partial charge >= 0.3 is 26.4 Å². The van der Waals surface area contributed by atoms with Crippen molar-refractivity contribution in [2.45, 2.75) is 46.2 Å². The number of hydrogen-bond acceptors (Lipinski definition) is 10. The molecule has 0 amide bonds. The maximum Gasteiger partial charge on any atom is 0.437 e. The van der Waals surface area contributed by atoms with E-state index in [1.54, 1.807) is 45.0 Å². The number of alkyl halides is 3. The number of ether oxygens (including phenoxy) is 2. The smallest absolute Gasteiger partial charge is 0.437 e. The lowest BCUT2D eigenvalue weighted by molar-refractivity contribution is -0.0597. The third-order valence-corrected chi connectivity index (χ3v) is 7.35. The molecule has 0 aromatic heterocycles. The highest BCUT2D eigenvalue weighted by Gasteiger charge is 2.38. The Morgan fingerprint density at radius 1 is 0.725 bits per heavy atom. The molecule has 0 radical (unpaired) electrons. The molecule has 0 aliphatic heterocycles. The quantitative estimate of drug-likeness (QED) is 0.147. The summed E-state index contributed by atoms with van der Waals surface area (Å²) in [7, 11) is -7.91. The zero-order valence-electron chi connectivity index (χ0n) is 22.2. The standard InChI is InChI=1S/C25H31F3N2O8S2/c1-4-17-39(31,32)37-29-19(3)20-7-11-22(12-8-20)35-15-6-16-36-23-13-9-21(10-14-23)24(25(26,27)28)30-38-40(33,34)18-5-2/h7-14H,4-6,15-18H2,1-3H3/b29-19+,30-24-. The van der Waals surface area contributed by atoms with Gasteiger partial charge in [0.05, 0.1) is 30.4 Å². The Morgan fingerprint density at radius 2 is 1.15 bits per heavy atom. The van der Waals surface area contributed by atoms with Gasteiger partial charge in [0.1, 0.15) is 11.5 Å². The van der Waals surface area contributed by atoms with Gasteiger partial charge < -0.3 is 9.47 Å². The lowest BCUT2D eigenvalue weighted by atomic mass is 10.1. The molecule has 0 aliphatic carbocycles. The van der Waals surface area contributed by atoms with Crippen molar-refractivity contribution in [3.8, 4) is 11.5 Å². The molecule has 2 aromatic carbocycles. The predicted octanol–water partition coefficient (Wildman–Crippen LogP) is 5.04. The van der Waals surface area contributed by atoms with Crippen LogP contribution in [0.15, 0.2) is 58.8 Å². The summed E-state index contributed by atoms with van der Waals surface area (Å²) in [6.45, 7) is 5.38. The van der Waals surface area contributed by atoms with E-state index in [0.717, 1.165) is 12.1 Å². The van der Waals surface area contributed by atoms with Crippen molar-refractivity contribution in [2.75, 3.05) is 24.7 Å². The van der Waals surface area contributed by atoms with Crippen molar-refractivity contribution < 1.29 is 48.0 Å². The Balaban J connectivity index is 1.85. The summed E-state index contributed by atoms with van der Waals surface area (Å²) in [6.07, 6.45) is -3.88. The summed E-state index contributed by atoms with van der Waals surface area (Å²) in [6, 6.07) is 11.6. The summed E-state index contributed by atoms with van der Waals surface area (Å²) in [5.74, 6) is 0.276. The molecule has 222 valence electrons. The molecular weight excluding hydrogens is 577 g/mol. The van der Waals surface area contributed by atoms with Gasteiger partial charge in [-0.25, -0.2) is 0 Å². The van der Waals surface area contributed by atoms with Crippen molar-refractivity contribution in [2.24, 2.45) is 10.3 Å². The lowest BCUT2D eigenvalue weighted by Gasteiger charge is -2.12. The molecule has 0 fully saturated rings. The van der Waals surface area contributed by atoms with Crippen LogP contribution in [0.25, 0.3) is 0 Å².